The van der Waals surface area contributed by atoms with E-state index >= 15 is 0 Å². The predicted octanol–water partition coefficient (Wildman–Crippen LogP) is 0.974. The monoisotopic (exact) mass is 350 g/mol. The molecule has 1 amide bonds. The Morgan fingerprint density at radius 2 is 2.12 bits per heavy atom. The molecular formula is C15H22N6O2S. The van der Waals surface area contributed by atoms with Gasteiger partial charge in [0.15, 0.2) is 5.16 Å². The Morgan fingerprint density at radius 1 is 1.38 bits per heavy atom. The van der Waals surface area contributed by atoms with Crippen molar-refractivity contribution >= 4 is 17.7 Å². The fraction of sp³-hybridized carbons (Fsp3) is 0.533. The number of H-pyrrole nitrogens is 1. The molecule has 130 valence electrons. The number of hydrogen-bond acceptors (Lipinski definition) is 6. The minimum absolute atomic E-state index is 0.0874. The Kier molecular flexibility index (Phi) is 6.13. The van der Waals surface area contributed by atoms with Crippen LogP contribution in [0.15, 0.2) is 16.0 Å². The van der Waals surface area contributed by atoms with Gasteiger partial charge in [-0.1, -0.05) is 11.8 Å². The lowest BCUT2D eigenvalue weighted by Gasteiger charge is -2.11. The van der Waals surface area contributed by atoms with Crippen LogP contribution in [0.2, 0.25) is 0 Å². The van der Waals surface area contributed by atoms with E-state index in [4.69, 9.17) is 0 Å². The summed E-state index contributed by atoms with van der Waals surface area (Å²) in [6, 6.07) is 1.42. The number of thioether (sulfide) groups is 1. The van der Waals surface area contributed by atoms with E-state index in [1.165, 1.54) is 17.8 Å². The molecule has 2 aromatic heterocycles. The van der Waals surface area contributed by atoms with E-state index in [1.807, 2.05) is 18.5 Å². The summed E-state index contributed by atoms with van der Waals surface area (Å²) >= 11 is 1.23. The highest BCUT2D eigenvalue weighted by molar-refractivity contribution is 8.00. The average Bonchev–Trinajstić information content (AvgIpc) is 2.80. The van der Waals surface area contributed by atoms with Crippen molar-refractivity contribution in [2.24, 2.45) is 0 Å². The van der Waals surface area contributed by atoms with Crippen LogP contribution in [0.5, 0.6) is 0 Å². The van der Waals surface area contributed by atoms with E-state index in [1.54, 1.807) is 13.8 Å². The largest absolute Gasteiger partial charge is 0.355 e. The maximum Gasteiger partial charge on any atom is 0.251 e. The SMILES string of the molecule is Cc1cc(=O)[nH]c(SC(C)C(=O)NCCCn2nc(C)nc2C)n1. The number of amides is 1. The Hall–Kier alpha value is -2.16. The fourth-order valence-corrected chi connectivity index (χ4v) is 3.07. The van der Waals surface area contributed by atoms with Crippen molar-refractivity contribution in [3.63, 3.8) is 0 Å². The van der Waals surface area contributed by atoms with Gasteiger partial charge in [0.2, 0.25) is 5.91 Å². The van der Waals surface area contributed by atoms with Crippen molar-refractivity contribution in [3.05, 3.63) is 33.8 Å². The van der Waals surface area contributed by atoms with Crippen LogP contribution in [0.25, 0.3) is 0 Å². The molecule has 0 aliphatic heterocycles. The summed E-state index contributed by atoms with van der Waals surface area (Å²) in [7, 11) is 0. The molecule has 0 aliphatic rings. The van der Waals surface area contributed by atoms with Gasteiger partial charge in [-0.2, -0.15) is 5.10 Å². The van der Waals surface area contributed by atoms with E-state index in [-0.39, 0.29) is 16.7 Å². The van der Waals surface area contributed by atoms with Crippen LogP contribution >= 0.6 is 11.8 Å². The maximum absolute atomic E-state index is 12.1. The van der Waals surface area contributed by atoms with Crippen LogP contribution in [0, 0.1) is 20.8 Å². The van der Waals surface area contributed by atoms with Gasteiger partial charge < -0.3 is 10.3 Å². The summed E-state index contributed by atoms with van der Waals surface area (Å²) in [6.07, 6.45) is 0.770. The molecule has 0 radical (unpaired) electrons. The molecule has 2 aromatic rings. The summed E-state index contributed by atoms with van der Waals surface area (Å²) in [5.41, 5.74) is 0.420. The third-order valence-corrected chi connectivity index (χ3v) is 4.30. The maximum atomic E-state index is 12.1. The second-order valence-electron chi connectivity index (χ2n) is 5.53. The van der Waals surface area contributed by atoms with E-state index in [0.717, 1.165) is 18.1 Å². The molecule has 9 heteroatoms. The molecule has 1 unspecified atom stereocenters. The fourth-order valence-electron chi connectivity index (χ4n) is 2.19. The molecule has 0 aliphatic carbocycles. The third kappa shape index (κ3) is 5.19. The highest BCUT2D eigenvalue weighted by Gasteiger charge is 2.15. The summed E-state index contributed by atoms with van der Waals surface area (Å²) in [5, 5.41) is 7.28. The van der Waals surface area contributed by atoms with Crippen molar-refractivity contribution in [2.45, 2.75) is 51.1 Å². The molecule has 0 bridgehead atoms. The van der Waals surface area contributed by atoms with Crippen LogP contribution in [0.3, 0.4) is 0 Å². The lowest BCUT2D eigenvalue weighted by Crippen LogP contribution is -2.32. The zero-order chi connectivity index (χ0) is 17.7. The molecule has 2 rings (SSSR count). The van der Waals surface area contributed by atoms with E-state index in [0.29, 0.717) is 23.9 Å². The molecule has 0 spiro atoms. The average molecular weight is 350 g/mol. The van der Waals surface area contributed by atoms with Crippen molar-refractivity contribution in [1.82, 2.24) is 30.0 Å². The van der Waals surface area contributed by atoms with Gasteiger partial charge in [-0.3, -0.25) is 14.3 Å². The van der Waals surface area contributed by atoms with Crippen LogP contribution in [-0.2, 0) is 11.3 Å². The summed E-state index contributed by atoms with van der Waals surface area (Å²) < 4.78 is 1.83. The van der Waals surface area contributed by atoms with Gasteiger partial charge in [0.1, 0.15) is 11.6 Å². The summed E-state index contributed by atoms with van der Waals surface area (Å²) in [6.45, 7) is 8.56. The first-order valence-electron chi connectivity index (χ1n) is 7.75. The summed E-state index contributed by atoms with van der Waals surface area (Å²) in [5.74, 6) is 1.54. The van der Waals surface area contributed by atoms with Crippen LogP contribution < -0.4 is 10.9 Å². The van der Waals surface area contributed by atoms with Gasteiger partial charge >= 0.3 is 0 Å². The normalized spacial score (nSPS) is 12.2. The number of rotatable bonds is 7. The third-order valence-electron chi connectivity index (χ3n) is 3.31. The zero-order valence-corrected chi connectivity index (χ0v) is 15.1. The standard InChI is InChI=1S/C15H22N6O2S/c1-9-8-13(22)19-15(17-9)24-10(2)14(23)16-6-5-7-21-12(4)18-11(3)20-21/h8,10H,5-7H2,1-4H3,(H,16,23)(H,17,19,22). The predicted molar refractivity (Wildman–Crippen MR) is 92.0 cm³/mol. The minimum atomic E-state index is -0.342. The van der Waals surface area contributed by atoms with Crippen LogP contribution in [-0.4, -0.2) is 42.4 Å². The molecular weight excluding hydrogens is 328 g/mol. The van der Waals surface area contributed by atoms with Gasteiger partial charge in [0.05, 0.1) is 5.25 Å². The van der Waals surface area contributed by atoms with Gasteiger partial charge in [-0.25, -0.2) is 9.97 Å². The number of aryl methyl sites for hydroxylation is 4. The number of carbonyl (C=O) groups excluding carboxylic acids is 1. The molecule has 0 aromatic carbocycles. The first-order chi connectivity index (χ1) is 11.3. The molecule has 0 saturated heterocycles. The van der Waals surface area contributed by atoms with E-state index in [2.05, 4.69) is 25.4 Å². The lowest BCUT2D eigenvalue weighted by molar-refractivity contribution is -0.120. The van der Waals surface area contributed by atoms with Gasteiger partial charge in [0, 0.05) is 24.8 Å². The number of aromatic nitrogens is 5. The van der Waals surface area contributed by atoms with E-state index < -0.39 is 0 Å². The second-order valence-corrected chi connectivity index (χ2v) is 6.86. The Balaban J connectivity index is 1.77. The Labute approximate surface area is 144 Å². The molecule has 0 saturated carbocycles. The van der Waals surface area contributed by atoms with Crippen molar-refractivity contribution in [2.75, 3.05) is 6.54 Å². The molecule has 0 fully saturated rings. The number of aromatic amines is 1. The topological polar surface area (TPSA) is 106 Å². The Morgan fingerprint density at radius 3 is 2.75 bits per heavy atom. The Bertz CT molecular complexity index is 770. The quantitative estimate of drug-likeness (QED) is 0.438. The van der Waals surface area contributed by atoms with Crippen LogP contribution in [0.4, 0.5) is 0 Å². The molecule has 1 atom stereocenters. The lowest BCUT2D eigenvalue weighted by atomic mass is 10.4. The second kappa shape index (κ2) is 8.09. The number of nitrogens with one attached hydrogen (secondary N) is 2. The van der Waals surface area contributed by atoms with E-state index in [9.17, 15) is 9.59 Å². The van der Waals surface area contributed by atoms with Crippen molar-refractivity contribution in [3.8, 4) is 0 Å². The molecule has 2 N–H and O–H groups in total. The molecule has 24 heavy (non-hydrogen) atoms. The first-order valence-corrected chi connectivity index (χ1v) is 8.63. The molecule has 2 heterocycles. The zero-order valence-electron chi connectivity index (χ0n) is 14.3. The minimum Gasteiger partial charge on any atom is -0.355 e. The van der Waals surface area contributed by atoms with Gasteiger partial charge in [0.25, 0.3) is 5.56 Å². The van der Waals surface area contributed by atoms with Gasteiger partial charge in [-0.15, -0.1) is 0 Å². The highest BCUT2D eigenvalue weighted by Crippen LogP contribution is 2.18. The smallest absolute Gasteiger partial charge is 0.251 e. The van der Waals surface area contributed by atoms with Crippen molar-refractivity contribution in [1.29, 1.82) is 0 Å². The summed E-state index contributed by atoms with van der Waals surface area (Å²) in [4.78, 5) is 34.6. The number of hydrogen-bond donors (Lipinski definition) is 2. The van der Waals surface area contributed by atoms with Crippen molar-refractivity contribution < 1.29 is 4.79 Å². The number of nitrogens with zero attached hydrogens (tertiary/aromatic N) is 4. The number of carbonyl (C=O) groups is 1. The highest BCUT2D eigenvalue weighted by atomic mass is 32.2. The van der Waals surface area contributed by atoms with Crippen LogP contribution in [0.1, 0.15) is 30.7 Å². The molecule has 8 nitrogen and oxygen atoms in total. The first kappa shape index (κ1) is 18.2. The van der Waals surface area contributed by atoms with Gasteiger partial charge in [-0.05, 0) is 34.1 Å².